The summed E-state index contributed by atoms with van der Waals surface area (Å²) in [6, 6.07) is 24.4. The number of hydrogen-bond acceptors (Lipinski definition) is 9. The topological polar surface area (TPSA) is 108 Å². The van der Waals surface area contributed by atoms with Gasteiger partial charge in [0.1, 0.15) is 30.8 Å². The summed E-state index contributed by atoms with van der Waals surface area (Å²) in [5.74, 6) is -0.119. The van der Waals surface area contributed by atoms with Crippen LogP contribution < -0.4 is 9.64 Å². The summed E-state index contributed by atoms with van der Waals surface area (Å²) in [7, 11) is 0. The van der Waals surface area contributed by atoms with Gasteiger partial charge in [0.05, 0.1) is 37.4 Å². The molecule has 17 heteroatoms. The van der Waals surface area contributed by atoms with Gasteiger partial charge in [0, 0.05) is 100 Å². The Bertz CT molecular complexity index is 2450. The SMILES string of the molecule is CC(=O)N1CCN(c2ccc(OCC3COC(Cn4ccnc4)(c4ccc(C)cc4Cl)O3)cc2)CC1.Clc1ccc(CO/N=C(/Cn2ccnc2)c2ccc(Cl)cc2Cl)c(Cl)c1. The number of carbonyl (C=O) groups excluding carboxylic acids is 1. The largest absolute Gasteiger partial charge is 0.491 e. The summed E-state index contributed by atoms with van der Waals surface area (Å²) in [6.45, 7) is 8.59. The van der Waals surface area contributed by atoms with Gasteiger partial charge in [-0.15, -0.1) is 0 Å². The smallest absolute Gasteiger partial charge is 0.219 e. The molecule has 2 aliphatic heterocycles. The van der Waals surface area contributed by atoms with Gasteiger partial charge in [0.25, 0.3) is 0 Å². The number of rotatable bonds is 13. The van der Waals surface area contributed by atoms with Gasteiger partial charge in [-0.3, -0.25) is 4.79 Å². The number of halogens is 5. The molecule has 0 saturated carbocycles. The highest BCUT2D eigenvalue weighted by Crippen LogP contribution is 2.40. The quantitative estimate of drug-likeness (QED) is 0.0833. The number of ether oxygens (including phenoxy) is 3. The second kappa shape index (κ2) is 21.1. The molecule has 0 N–H and O–H groups in total. The fourth-order valence-corrected chi connectivity index (χ4v) is 8.35. The molecule has 2 atom stereocenters. The first-order valence-electron chi connectivity index (χ1n) is 19.8. The van der Waals surface area contributed by atoms with E-state index in [-0.39, 0.29) is 18.6 Å². The molecule has 0 aliphatic carbocycles. The van der Waals surface area contributed by atoms with Gasteiger partial charge in [0.2, 0.25) is 11.7 Å². The molecule has 0 radical (unpaired) electrons. The van der Waals surface area contributed by atoms with E-state index in [4.69, 9.17) is 77.1 Å². The first-order chi connectivity index (χ1) is 29.9. The van der Waals surface area contributed by atoms with Crippen molar-refractivity contribution < 1.29 is 23.8 Å². The van der Waals surface area contributed by atoms with Crippen molar-refractivity contribution in [2.24, 2.45) is 5.16 Å². The maximum absolute atomic E-state index is 11.6. The van der Waals surface area contributed by atoms with E-state index in [9.17, 15) is 4.79 Å². The van der Waals surface area contributed by atoms with E-state index < -0.39 is 5.79 Å². The molecule has 2 aliphatic rings. The monoisotopic (exact) mass is 937 g/mol. The van der Waals surface area contributed by atoms with Crippen LogP contribution in [0.15, 0.2) is 121 Å². The van der Waals surface area contributed by atoms with Crippen LogP contribution >= 0.6 is 58.0 Å². The lowest BCUT2D eigenvalue weighted by Gasteiger charge is -2.35. The highest BCUT2D eigenvalue weighted by molar-refractivity contribution is 6.37. The predicted molar refractivity (Wildman–Crippen MR) is 244 cm³/mol. The Morgan fingerprint density at radius 2 is 1.52 bits per heavy atom. The van der Waals surface area contributed by atoms with E-state index in [1.54, 1.807) is 68.4 Å². The zero-order chi connectivity index (χ0) is 43.6. The van der Waals surface area contributed by atoms with E-state index in [0.717, 1.165) is 59.9 Å². The van der Waals surface area contributed by atoms with Gasteiger partial charge in [0.15, 0.2) is 0 Å². The normalized spacial score (nSPS) is 17.7. The number of hydrogen-bond donors (Lipinski definition) is 0. The number of imidazole rings is 2. The zero-order valence-electron chi connectivity index (χ0n) is 34.0. The third kappa shape index (κ3) is 11.8. The van der Waals surface area contributed by atoms with Crippen LogP contribution in [0.25, 0.3) is 0 Å². The lowest BCUT2D eigenvalue weighted by atomic mass is 10.0. The van der Waals surface area contributed by atoms with Gasteiger partial charge in [-0.1, -0.05) is 81.4 Å². The van der Waals surface area contributed by atoms with Crippen LogP contribution in [0.3, 0.4) is 0 Å². The molecular weight excluding hydrogens is 896 g/mol. The molecule has 2 unspecified atom stereocenters. The fourth-order valence-electron chi connectivity index (χ4n) is 6.99. The number of benzene rings is 4. The molecule has 8 rings (SSSR count). The van der Waals surface area contributed by atoms with E-state index in [0.29, 0.717) is 57.1 Å². The highest BCUT2D eigenvalue weighted by Gasteiger charge is 2.45. The highest BCUT2D eigenvalue weighted by atomic mass is 35.5. The molecule has 4 aromatic carbocycles. The van der Waals surface area contributed by atoms with Crippen molar-refractivity contribution in [1.82, 2.24) is 24.0 Å². The van der Waals surface area contributed by atoms with Crippen molar-refractivity contribution in [3.8, 4) is 5.75 Å². The minimum Gasteiger partial charge on any atom is -0.491 e. The Labute approximate surface area is 385 Å². The van der Waals surface area contributed by atoms with Crippen molar-refractivity contribution in [3.63, 3.8) is 0 Å². The molecule has 2 fully saturated rings. The van der Waals surface area contributed by atoms with E-state index >= 15 is 0 Å². The molecule has 62 heavy (non-hydrogen) atoms. The fraction of sp³-hybridized carbons (Fsp3) is 0.289. The Morgan fingerprint density at radius 3 is 2.16 bits per heavy atom. The number of carbonyl (C=O) groups is 1. The lowest BCUT2D eigenvalue weighted by Crippen LogP contribution is -2.48. The molecule has 6 aromatic rings. The first-order valence-corrected chi connectivity index (χ1v) is 21.6. The van der Waals surface area contributed by atoms with Crippen molar-refractivity contribution >= 4 is 75.3 Å². The second-order valence-corrected chi connectivity index (χ2v) is 16.8. The van der Waals surface area contributed by atoms with Crippen LogP contribution in [-0.2, 0) is 44.6 Å². The number of aromatic nitrogens is 4. The van der Waals surface area contributed by atoms with Crippen molar-refractivity contribution in [3.05, 3.63) is 164 Å². The minimum absolute atomic E-state index is 0.134. The minimum atomic E-state index is -1.02. The lowest BCUT2D eigenvalue weighted by molar-refractivity contribution is -0.189. The summed E-state index contributed by atoms with van der Waals surface area (Å²) >= 11 is 31.0. The number of aryl methyl sites for hydroxylation is 1. The Kier molecular flexibility index (Phi) is 15.4. The van der Waals surface area contributed by atoms with Gasteiger partial charge in [-0.2, -0.15) is 0 Å². The van der Waals surface area contributed by atoms with Crippen LogP contribution in [-0.4, -0.2) is 81.1 Å². The Hall–Kier alpha value is -4.79. The zero-order valence-corrected chi connectivity index (χ0v) is 37.8. The van der Waals surface area contributed by atoms with Gasteiger partial charge in [-0.05, 0) is 73.2 Å². The summed E-state index contributed by atoms with van der Waals surface area (Å²) in [4.78, 5) is 29.4. The van der Waals surface area contributed by atoms with Crippen LogP contribution in [0.1, 0.15) is 29.2 Å². The summed E-state index contributed by atoms with van der Waals surface area (Å²) in [5.41, 5.74) is 5.13. The average molecular weight is 940 g/mol. The molecule has 2 aromatic heterocycles. The molecule has 0 spiro atoms. The molecule has 0 bridgehead atoms. The number of amides is 1. The average Bonchev–Trinajstić information content (AvgIpc) is 4.05. The molecule has 2 saturated heterocycles. The number of oxime groups is 1. The molecular formula is C45H44Cl5N7O5. The van der Waals surface area contributed by atoms with E-state index in [2.05, 4.69) is 32.2 Å². The van der Waals surface area contributed by atoms with E-state index in [1.807, 2.05) is 63.7 Å². The second-order valence-electron chi connectivity index (χ2n) is 14.7. The summed E-state index contributed by atoms with van der Waals surface area (Å²) in [5, 5.41) is 7.00. The predicted octanol–water partition coefficient (Wildman–Crippen LogP) is 9.98. The number of piperazine rings is 1. The van der Waals surface area contributed by atoms with Crippen LogP contribution in [0.4, 0.5) is 5.69 Å². The van der Waals surface area contributed by atoms with Crippen LogP contribution in [0.2, 0.25) is 25.1 Å². The van der Waals surface area contributed by atoms with Crippen molar-refractivity contribution in [2.45, 2.75) is 45.4 Å². The summed E-state index contributed by atoms with van der Waals surface area (Å²) in [6.07, 6.45) is 10.3. The third-order valence-electron chi connectivity index (χ3n) is 10.3. The van der Waals surface area contributed by atoms with Gasteiger partial charge < -0.3 is 38.0 Å². The van der Waals surface area contributed by atoms with E-state index in [1.165, 1.54) is 0 Å². The number of anilines is 1. The number of nitrogens with zero attached hydrogens (tertiary/aromatic N) is 7. The van der Waals surface area contributed by atoms with Gasteiger partial charge >= 0.3 is 0 Å². The van der Waals surface area contributed by atoms with Crippen molar-refractivity contribution in [2.75, 3.05) is 44.3 Å². The molecule has 324 valence electrons. The van der Waals surface area contributed by atoms with Crippen LogP contribution in [0.5, 0.6) is 5.75 Å². The van der Waals surface area contributed by atoms with Crippen LogP contribution in [0, 0.1) is 6.92 Å². The third-order valence-corrected chi connectivity index (χ3v) is 11.7. The molecule has 12 nitrogen and oxygen atoms in total. The van der Waals surface area contributed by atoms with Gasteiger partial charge in [-0.25, -0.2) is 9.97 Å². The maximum atomic E-state index is 11.6. The molecule has 1 amide bonds. The maximum Gasteiger partial charge on any atom is 0.219 e. The Morgan fingerprint density at radius 1 is 0.823 bits per heavy atom. The van der Waals surface area contributed by atoms with Crippen molar-refractivity contribution in [1.29, 1.82) is 0 Å². The molecule has 4 heterocycles. The Balaban J connectivity index is 0.000000197. The first kappa shape index (κ1) is 45.2. The summed E-state index contributed by atoms with van der Waals surface area (Å²) < 4.78 is 22.6. The standard InChI is InChI=1S/C27H31ClN4O4.C18H13Cl4N3O/c1-20-3-8-25(26(28)15-20)27(18-30-10-9-29-19-30)35-17-24(36-27)16-34-23-6-4-22(5-7-23)32-13-11-31(12-14-32)21(2)33;19-13-2-1-12(16(21)7-13)10-26-24-18(9-25-6-5-23-11-25)15-4-3-14(20)8-17(15)22/h3-10,15,19,24H,11-14,16-18H2,1-2H3;1-8,11H,9-10H2/b;24-18-.